The minimum atomic E-state index is -0.229. The number of benzene rings is 1. The van der Waals surface area contributed by atoms with Crippen molar-refractivity contribution in [2.75, 3.05) is 5.43 Å². The van der Waals surface area contributed by atoms with Crippen molar-refractivity contribution in [3.8, 4) is 0 Å². The summed E-state index contributed by atoms with van der Waals surface area (Å²) in [5, 5.41) is 0.916. The first-order chi connectivity index (χ1) is 10.2. The van der Waals surface area contributed by atoms with Crippen molar-refractivity contribution in [1.82, 2.24) is 9.97 Å². The Kier molecular flexibility index (Phi) is 4.05. The van der Waals surface area contributed by atoms with Crippen LogP contribution in [-0.4, -0.2) is 9.97 Å². The van der Waals surface area contributed by atoms with Crippen LogP contribution < -0.4 is 11.3 Å². The number of nitrogens with two attached hydrogens (primary N) is 1. The molecule has 0 aliphatic heterocycles. The van der Waals surface area contributed by atoms with Crippen molar-refractivity contribution in [3.63, 3.8) is 0 Å². The third-order valence-electron chi connectivity index (χ3n) is 2.89. The van der Waals surface area contributed by atoms with Gasteiger partial charge in [-0.3, -0.25) is 0 Å². The van der Waals surface area contributed by atoms with Gasteiger partial charge in [-0.05, 0) is 25.1 Å². The highest BCUT2D eigenvalue weighted by molar-refractivity contribution is 7.98. The van der Waals surface area contributed by atoms with E-state index in [9.17, 15) is 4.39 Å². The van der Waals surface area contributed by atoms with Crippen molar-refractivity contribution < 1.29 is 4.39 Å². The molecule has 0 aliphatic rings. The number of thiophene rings is 1. The Hall–Kier alpha value is -1.70. The molecule has 0 spiro atoms. The molecule has 0 unspecified atom stereocenters. The largest absolute Gasteiger partial charge is 0.308 e. The van der Waals surface area contributed by atoms with Crippen LogP contribution in [0.25, 0.3) is 10.2 Å². The smallest absolute Gasteiger partial charge is 0.152 e. The van der Waals surface area contributed by atoms with Crippen LogP contribution in [0.5, 0.6) is 0 Å². The number of rotatable bonds is 4. The molecule has 108 valence electrons. The van der Waals surface area contributed by atoms with Crippen LogP contribution in [0.15, 0.2) is 35.2 Å². The average Bonchev–Trinajstić information content (AvgIpc) is 2.85. The Bertz CT molecular complexity index is 788. The van der Waals surface area contributed by atoms with Crippen LogP contribution in [-0.2, 0) is 5.75 Å². The van der Waals surface area contributed by atoms with Gasteiger partial charge in [-0.2, -0.15) is 0 Å². The minimum Gasteiger partial charge on any atom is -0.308 e. The molecule has 0 saturated heterocycles. The molecule has 0 amide bonds. The maximum Gasteiger partial charge on any atom is 0.152 e. The number of thioether (sulfide) groups is 1. The first-order valence-corrected chi connectivity index (χ1v) is 8.08. The summed E-state index contributed by atoms with van der Waals surface area (Å²) in [4.78, 5) is 11.5. The number of hydrogen-bond acceptors (Lipinski definition) is 6. The molecule has 0 atom stereocenters. The second-order valence-corrected chi connectivity index (χ2v) is 6.68. The first kappa shape index (κ1) is 14.2. The Morgan fingerprint density at radius 2 is 2.14 bits per heavy atom. The molecule has 0 aliphatic carbocycles. The predicted octanol–water partition coefficient (Wildman–Crippen LogP) is 3.72. The SMILES string of the molecule is Cc1cc2c(NN)nc(CSc3ccccc3F)nc2s1. The Morgan fingerprint density at radius 3 is 2.90 bits per heavy atom. The number of nitrogen functional groups attached to an aromatic ring is 1. The maximum absolute atomic E-state index is 13.6. The number of hydrogen-bond donors (Lipinski definition) is 2. The number of nitrogens with one attached hydrogen (secondary N) is 1. The normalized spacial score (nSPS) is 11.0. The Labute approximate surface area is 129 Å². The van der Waals surface area contributed by atoms with E-state index in [1.807, 2.05) is 19.1 Å². The molecular weight excluding hydrogens is 307 g/mol. The maximum atomic E-state index is 13.6. The summed E-state index contributed by atoms with van der Waals surface area (Å²) < 4.78 is 13.6. The van der Waals surface area contributed by atoms with Gasteiger partial charge < -0.3 is 5.43 Å². The fraction of sp³-hybridized carbons (Fsp3) is 0.143. The number of aromatic nitrogens is 2. The number of fused-ring (bicyclic) bond motifs is 1. The molecule has 2 heterocycles. The van der Waals surface area contributed by atoms with E-state index in [1.54, 1.807) is 23.5 Å². The lowest BCUT2D eigenvalue weighted by atomic mass is 10.3. The average molecular weight is 320 g/mol. The summed E-state index contributed by atoms with van der Waals surface area (Å²) in [6.07, 6.45) is 0. The summed E-state index contributed by atoms with van der Waals surface area (Å²) in [7, 11) is 0. The number of hydrazine groups is 1. The topological polar surface area (TPSA) is 63.8 Å². The van der Waals surface area contributed by atoms with Crippen molar-refractivity contribution >= 4 is 39.1 Å². The zero-order chi connectivity index (χ0) is 14.8. The summed E-state index contributed by atoms with van der Waals surface area (Å²) in [6.45, 7) is 2.01. The van der Waals surface area contributed by atoms with Crippen LogP contribution >= 0.6 is 23.1 Å². The molecule has 1 aromatic carbocycles. The monoisotopic (exact) mass is 320 g/mol. The highest BCUT2D eigenvalue weighted by atomic mass is 32.2. The molecule has 0 saturated carbocycles. The van der Waals surface area contributed by atoms with Crippen LogP contribution in [0.3, 0.4) is 0 Å². The van der Waals surface area contributed by atoms with Crippen LogP contribution in [0, 0.1) is 12.7 Å². The second-order valence-electron chi connectivity index (χ2n) is 4.43. The molecule has 0 fully saturated rings. The Balaban J connectivity index is 1.89. The summed E-state index contributed by atoms with van der Waals surface area (Å²) in [5.74, 6) is 7.02. The lowest BCUT2D eigenvalue weighted by Crippen LogP contribution is -2.10. The van der Waals surface area contributed by atoms with Crippen LogP contribution in [0.2, 0.25) is 0 Å². The van der Waals surface area contributed by atoms with Gasteiger partial charge in [0.05, 0.1) is 11.1 Å². The third-order valence-corrected chi connectivity index (χ3v) is 4.88. The number of nitrogens with zero attached hydrogens (tertiary/aromatic N) is 2. The molecule has 2 aromatic heterocycles. The molecule has 3 aromatic rings. The fourth-order valence-electron chi connectivity index (χ4n) is 1.96. The molecule has 7 heteroatoms. The number of aryl methyl sites for hydroxylation is 1. The van der Waals surface area contributed by atoms with Gasteiger partial charge in [0.1, 0.15) is 16.5 Å². The van der Waals surface area contributed by atoms with E-state index in [2.05, 4.69) is 15.4 Å². The molecule has 3 N–H and O–H groups in total. The molecular formula is C14H13FN4S2. The molecule has 4 nitrogen and oxygen atoms in total. The van der Waals surface area contributed by atoms with E-state index in [-0.39, 0.29) is 5.82 Å². The lowest BCUT2D eigenvalue weighted by Gasteiger charge is -2.05. The minimum absolute atomic E-state index is 0.229. The van der Waals surface area contributed by atoms with Crippen LogP contribution in [0.1, 0.15) is 10.7 Å². The second kappa shape index (κ2) is 5.97. The van der Waals surface area contributed by atoms with Gasteiger partial charge in [-0.15, -0.1) is 23.1 Å². The summed E-state index contributed by atoms with van der Waals surface area (Å²) in [5.41, 5.74) is 2.61. The number of halogens is 1. The number of anilines is 1. The Morgan fingerprint density at radius 1 is 1.33 bits per heavy atom. The van der Waals surface area contributed by atoms with Gasteiger partial charge in [0.25, 0.3) is 0 Å². The van der Waals surface area contributed by atoms with Gasteiger partial charge in [-0.1, -0.05) is 12.1 Å². The quantitative estimate of drug-likeness (QED) is 0.436. The van der Waals surface area contributed by atoms with Crippen LogP contribution in [0.4, 0.5) is 10.2 Å². The van der Waals surface area contributed by atoms with Gasteiger partial charge >= 0.3 is 0 Å². The van der Waals surface area contributed by atoms with Gasteiger partial charge in [0.15, 0.2) is 5.82 Å². The van der Waals surface area contributed by atoms with Crippen molar-refractivity contribution in [1.29, 1.82) is 0 Å². The lowest BCUT2D eigenvalue weighted by molar-refractivity contribution is 0.602. The summed E-state index contributed by atoms with van der Waals surface area (Å²) >= 11 is 2.96. The predicted molar refractivity (Wildman–Crippen MR) is 85.9 cm³/mol. The van der Waals surface area contributed by atoms with Crippen molar-refractivity contribution in [3.05, 3.63) is 46.9 Å². The van der Waals surface area contributed by atoms with Gasteiger partial charge in [0, 0.05) is 9.77 Å². The van der Waals surface area contributed by atoms with Gasteiger partial charge in [0.2, 0.25) is 0 Å². The van der Waals surface area contributed by atoms with E-state index in [1.165, 1.54) is 17.8 Å². The summed E-state index contributed by atoms with van der Waals surface area (Å²) in [6, 6.07) is 8.68. The highest BCUT2D eigenvalue weighted by Crippen LogP contribution is 2.30. The van der Waals surface area contributed by atoms with E-state index >= 15 is 0 Å². The van der Waals surface area contributed by atoms with E-state index in [4.69, 9.17) is 5.84 Å². The van der Waals surface area contributed by atoms with E-state index < -0.39 is 0 Å². The highest BCUT2D eigenvalue weighted by Gasteiger charge is 2.11. The van der Waals surface area contributed by atoms with Crippen molar-refractivity contribution in [2.24, 2.45) is 5.84 Å². The third kappa shape index (κ3) is 2.99. The molecule has 0 radical (unpaired) electrons. The van der Waals surface area contributed by atoms with E-state index in [0.29, 0.717) is 22.3 Å². The zero-order valence-corrected chi connectivity index (χ0v) is 12.9. The standard InChI is InChI=1S/C14H13FN4S2/c1-8-6-9-13(19-16)17-12(18-14(9)21-8)7-20-11-5-3-2-4-10(11)15/h2-6H,7,16H2,1H3,(H,17,18,19). The van der Waals surface area contributed by atoms with E-state index in [0.717, 1.165) is 15.1 Å². The molecule has 21 heavy (non-hydrogen) atoms. The van der Waals surface area contributed by atoms with Crippen molar-refractivity contribution in [2.45, 2.75) is 17.6 Å². The molecule has 0 bridgehead atoms. The molecule has 3 rings (SSSR count). The van der Waals surface area contributed by atoms with Gasteiger partial charge in [-0.25, -0.2) is 20.2 Å². The first-order valence-electron chi connectivity index (χ1n) is 6.28. The zero-order valence-electron chi connectivity index (χ0n) is 11.3. The fourth-order valence-corrected chi connectivity index (χ4v) is 3.66.